The number of rotatable bonds is 6. The predicted octanol–water partition coefficient (Wildman–Crippen LogP) is 3.25. The summed E-state index contributed by atoms with van der Waals surface area (Å²) < 4.78 is 41.8. The van der Waals surface area contributed by atoms with E-state index in [9.17, 15) is 22.8 Å². The second-order valence-electron chi connectivity index (χ2n) is 6.63. The van der Waals surface area contributed by atoms with Crippen molar-refractivity contribution in [2.45, 2.75) is 25.6 Å². The van der Waals surface area contributed by atoms with E-state index in [-0.39, 0.29) is 30.2 Å². The van der Waals surface area contributed by atoms with Gasteiger partial charge in [0.25, 0.3) is 5.91 Å². The highest BCUT2D eigenvalue weighted by atomic mass is 32.1. The Morgan fingerprint density at radius 1 is 1.24 bits per heavy atom. The van der Waals surface area contributed by atoms with Gasteiger partial charge >= 0.3 is 6.18 Å². The number of nitrogens with zero attached hydrogens (tertiary/aromatic N) is 2. The van der Waals surface area contributed by atoms with Crippen LogP contribution in [0.3, 0.4) is 0 Å². The fourth-order valence-electron chi connectivity index (χ4n) is 3.07. The van der Waals surface area contributed by atoms with E-state index in [1.807, 2.05) is 11.4 Å². The van der Waals surface area contributed by atoms with Crippen molar-refractivity contribution in [3.05, 3.63) is 46.3 Å². The highest BCUT2D eigenvalue weighted by Crippen LogP contribution is 2.22. The maximum atomic E-state index is 12.5. The number of aromatic nitrogens is 1. The van der Waals surface area contributed by atoms with E-state index < -0.39 is 12.8 Å². The van der Waals surface area contributed by atoms with Crippen LogP contribution in [0.25, 0.3) is 0 Å². The summed E-state index contributed by atoms with van der Waals surface area (Å²) in [5.74, 6) is -0.625. The first kappa shape index (κ1) is 21.1. The molecule has 2 amide bonds. The molecule has 6 nitrogen and oxygen atoms in total. The molecule has 1 fully saturated rings. The van der Waals surface area contributed by atoms with E-state index in [2.05, 4.69) is 10.3 Å². The summed E-state index contributed by atoms with van der Waals surface area (Å²) in [4.78, 5) is 31.0. The Kier molecular flexibility index (Phi) is 6.73. The Bertz CT molecular complexity index is 835. The summed E-state index contributed by atoms with van der Waals surface area (Å²) in [6.07, 6.45) is -2.06. The zero-order chi connectivity index (χ0) is 20.9. The van der Waals surface area contributed by atoms with Crippen molar-refractivity contribution in [2.24, 2.45) is 5.92 Å². The first-order valence-electron chi connectivity index (χ1n) is 9.07. The zero-order valence-corrected chi connectivity index (χ0v) is 16.3. The number of hydrogen-bond acceptors (Lipinski definition) is 5. The van der Waals surface area contributed by atoms with Crippen LogP contribution in [0.15, 0.2) is 35.8 Å². The maximum Gasteiger partial charge on any atom is 0.422 e. The first-order chi connectivity index (χ1) is 13.8. The number of amides is 2. The summed E-state index contributed by atoms with van der Waals surface area (Å²) in [6, 6.07) is 6.72. The lowest BCUT2D eigenvalue weighted by atomic mass is 9.95. The molecule has 0 aliphatic carbocycles. The van der Waals surface area contributed by atoms with Gasteiger partial charge in [-0.25, -0.2) is 4.98 Å². The van der Waals surface area contributed by atoms with Gasteiger partial charge in [0.05, 0.1) is 4.88 Å². The Balaban J connectivity index is 1.49. The summed E-state index contributed by atoms with van der Waals surface area (Å²) in [5, 5.41) is 4.58. The summed E-state index contributed by atoms with van der Waals surface area (Å²) >= 11 is 1.39. The molecule has 0 aromatic carbocycles. The van der Waals surface area contributed by atoms with Crippen molar-refractivity contribution >= 4 is 23.2 Å². The van der Waals surface area contributed by atoms with Crippen molar-refractivity contribution < 1.29 is 27.5 Å². The largest absolute Gasteiger partial charge is 0.468 e. The molecule has 2 aromatic heterocycles. The number of halogens is 3. The van der Waals surface area contributed by atoms with Gasteiger partial charge in [0.2, 0.25) is 11.8 Å². The van der Waals surface area contributed by atoms with Crippen molar-refractivity contribution in [3.8, 4) is 5.88 Å². The van der Waals surface area contributed by atoms with Crippen molar-refractivity contribution in [2.75, 3.05) is 19.7 Å². The number of hydrogen-bond donors (Lipinski definition) is 1. The van der Waals surface area contributed by atoms with Gasteiger partial charge in [0.1, 0.15) is 0 Å². The Labute approximate surface area is 169 Å². The average Bonchev–Trinajstić information content (AvgIpc) is 3.25. The molecule has 1 aliphatic heterocycles. The number of nitrogens with one attached hydrogen (secondary N) is 1. The SMILES string of the molecule is O=C(NCc1cccnc1OCC(F)(F)F)C1CCN(C(=O)c2cccs2)CC1. The number of piperidine rings is 1. The van der Waals surface area contributed by atoms with Crippen LogP contribution in [0.5, 0.6) is 5.88 Å². The summed E-state index contributed by atoms with van der Waals surface area (Å²) in [6.45, 7) is -0.445. The van der Waals surface area contributed by atoms with E-state index in [0.29, 0.717) is 36.4 Å². The third kappa shape index (κ3) is 5.93. The van der Waals surface area contributed by atoms with Gasteiger partial charge in [-0.3, -0.25) is 9.59 Å². The molecule has 1 aliphatic rings. The van der Waals surface area contributed by atoms with Gasteiger partial charge in [-0.15, -0.1) is 11.3 Å². The topological polar surface area (TPSA) is 71.5 Å². The van der Waals surface area contributed by atoms with Crippen molar-refractivity contribution in [3.63, 3.8) is 0 Å². The molecule has 29 heavy (non-hydrogen) atoms. The smallest absolute Gasteiger partial charge is 0.422 e. The zero-order valence-electron chi connectivity index (χ0n) is 15.4. The van der Waals surface area contributed by atoms with Crippen LogP contribution in [0.2, 0.25) is 0 Å². The minimum absolute atomic E-state index is 0.0220. The van der Waals surface area contributed by atoms with Crippen LogP contribution >= 0.6 is 11.3 Å². The standard InChI is InChI=1S/C19H20F3N3O3S/c20-19(21,22)12-28-17-14(3-1-7-23-17)11-24-16(26)13-5-8-25(9-6-13)18(27)15-4-2-10-29-15/h1-4,7,10,13H,5-6,8-9,11-12H2,(H,24,26). The number of alkyl halides is 3. The number of likely N-dealkylation sites (tertiary alicyclic amines) is 1. The van der Waals surface area contributed by atoms with E-state index in [0.717, 1.165) is 0 Å². The van der Waals surface area contributed by atoms with Crippen LogP contribution in [0, 0.1) is 5.92 Å². The first-order valence-corrected chi connectivity index (χ1v) is 9.95. The highest BCUT2D eigenvalue weighted by Gasteiger charge is 2.30. The molecule has 1 N–H and O–H groups in total. The molecule has 1 saturated heterocycles. The summed E-state index contributed by atoms with van der Waals surface area (Å²) in [7, 11) is 0. The Morgan fingerprint density at radius 2 is 2.00 bits per heavy atom. The van der Waals surface area contributed by atoms with E-state index in [1.165, 1.54) is 17.5 Å². The molecule has 0 atom stereocenters. The number of pyridine rings is 1. The Hall–Kier alpha value is -2.62. The van der Waals surface area contributed by atoms with Gasteiger partial charge in [0, 0.05) is 37.3 Å². The fraction of sp³-hybridized carbons (Fsp3) is 0.421. The van der Waals surface area contributed by atoms with Crippen LogP contribution in [0.1, 0.15) is 28.1 Å². The second kappa shape index (κ2) is 9.25. The normalized spacial score (nSPS) is 15.2. The molecule has 10 heteroatoms. The monoisotopic (exact) mass is 427 g/mol. The van der Waals surface area contributed by atoms with Crippen molar-refractivity contribution in [1.82, 2.24) is 15.2 Å². The van der Waals surface area contributed by atoms with Crippen molar-refractivity contribution in [1.29, 1.82) is 0 Å². The van der Waals surface area contributed by atoms with Gasteiger partial charge in [0.15, 0.2) is 6.61 Å². The van der Waals surface area contributed by atoms with Crippen LogP contribution in [0.4, 0.5) is 13.2 Å². The molecular formula is C19H20F3N3O3S. The minimum Gasteiger partial charge on any atom is -0.468 e. The molecule has 3 rings (SSSR count). The molecule has 0 spiro atoms. The number of carbonyl (C=O) groups is 2. The maximum absolute atomic E-state index is 12.5. The van der Waals surface area contributed by atoms with Gasteiger partial charge in [-0.05, 0) is 30.4 Å². The number of thiophene rings is 1. The van der Waals surface area contributed by atoms with Gasteiger partial charge in [-0.1, -0.05) is 12.1 Å². The molecule has 0 saturated carbocycles. The minimum atomic E-state index is -4.47. The molecule has 0 bridgehead atoms. The van der Waals surface area contributed by atoms with Crippen LogP contribution < -0.4 is 10.1 Å². The number of ether oxygens (including phenoxy) is 1. The molecule has 2 aromatic rings. The quantitative estimate of drug-likeness (QED) is 0.768. The molecule has 0 radical (unpaired) electrons. The van der Waals surface area contributed by atoms with Gasteiger partial charge < -0.3 is 15.0 Å². The molecule has 0 unspecified atom stereocenters. The Morgan fingerprint density at radius 3 is 2.66 bits per heavy atom. The van der Waals surface area contributed by atoms with E-state index in [4.69, 9.17) is 4.74 Å². The lowest BCUT2D eigenvalue weighted by Gasteiger charge is -2.31. The predicted molar refractivity (Wildman–Crippen MR) is 101 cm³/mol. The highest BCUT2D eigenvalue weighted by molar-refractivity contribution is 7.12. The fourth-order valence-corrected chi connectivity index (χ4v) is 3.76. The molecule has 3 heterocycles. The second-order valence-corrected chi connectivity index (χ2v) is 7.58. The lowest BCUT2D eigenvalue weighted by Crippen LogP contribution is -2.42. The van der Waals surface area contributed by atoms with E-state index >= 15 is 0 Å². The van der Waals surface area contributed by atoms with Crippen LogP contribution in [-0.4, -0.2) is 47.6 Å². The third-order valence-corrected chi connectivity index (χ3v) is 5.42. The molecular weight excluding hydrogens is 407 g/mol. The molecule has 156 valence electrons. The third-order valence-electron chi connectivity index (χ3n) is 4.56. The average molecular weight is 427 g/mol. The van der Waals surface area contributed by atoms with Gasteiger partial charge in [-0.2, -0.15) is 13.2 Å². The van der Waals surface area contributed by atoms with Crippen LogP contribution in [-0.2, 0) is 11.3 Å². The number of carbonyl (C=O) groups excluding carboxylic acids is 2. The lowest BCUT2D eigenvalue weighted by molar-refractivity contribution is -0.154. The van der Waals surface area contributed by atoms with E-state index in [1.54, 1.807) is 23.1 Å². The summed E-state index contributed by atoms with van der Waals surface area (Å²) in [5.41, 5.74) is 0.371.